The molecule has 0 amide bonds. The Bertz CT molecular complexity index is 330. The SMILES string of the molecule is CCCN(CCC)C(C(C)C)C(O)c1ccccc1. The lowest BCUT2D eigenvalue weighted by Crippen LogP contribution is -2.44. The van der Waals surface area contributed by atoms with E-state index in [1.54, 1.807) is 0 Å². The molecule has 0 fully saturated rings. The Labute approximate surface area is 118 Å². The van der Waals surface area contributed by atoms with Crippen LogP contribution in [0, 0.1) is 5.92 Å². The van der Waals surface area contributed by atoms with Crippen LogP contribution in [0.15, 0.2) is 30.3 Å². The lowest BCUT2D eigenvalue weighted by Gasteiger charge is -2.37. The molecular formula is C17H29NO. The molecule has 19 heavy (non-hydrogen) atoms. The van der Waals surface area contributed by atoms with Crippen LogP contribution in [0.4, 0.5) is 0 Å². The molecule has 0 saturated heterocycles. The monoisotopic (exact) mass is 263 g/mol. The van der Waals surface area contributed by atoms with Gasteiger partial charge in [-0.2, -0.15) is 0 Å². The van der Waals surface area contributed by atoms with Crippen molar-refractivity contribution in [2.24, 2.45) is 5.92 Å². The standard InChI is InChI=1S/C17H29NO/c1-5-12-18(13-6-2)16(14(3)4)17(19)15-10-8-7-9-11-15/h7-11,14,16-17,19H,5-6,12-13H2,1-4H3. The van der Waals surface area contributed by atoms with Gasteiger partial charge in [0.15, 0.2) is 0 Å². The zero-order valence-corrected chi connectivity index (χ0v) is 12.8. The van der Waals surface area contributed by atoms with Gasteiger partial charge in [-0.25, -0.2) is 0 Å². The first kappa shape index (κ1) is 16.2. The van der Waals surface area contributed by atoms with E-state index in [2.05, 4.69) is 32.6 Å². The van der Waals surface area contributed by atoms with E-state index in [0.717, 1.165) is 31.5 Å². The highest BCUT2D eigenvalue weighted by molar-refractivity contribution is 5.19. The van der Waals surface area contributed by atoms with Crippen molar-refractivity contribution in [1.82, 2.24) is 4.90 Å². The van der Waals surface area contributed by atoms with E-state index in [1.165, 1.54) is 0 Å². The van der Waals surface area contributed by atoms with Crippen molar-refractivity contribution < 1.29 is 5.11 Å². The lowest BCUT2D eigenvalue weighted by atomic mass is 9.91. The third-order valence-corrected chi connectivity index (χ3v) is 3.59. The molecule has 2 unspecified atom stereocenters. The summed E-state index contributed by atoms with van der Waals surface area (Å²) in [5, 5.41) is 10.7. The maximum absolute atomic E-state index is 10.7. The van der Waals surface area contributed by atoms with E-state index in [1.807, 2.05) is 30.3 Å². The van der Waals surface area contributed by atoms with E-state index in [-0.39, 0.29) is 6.04 Å². The summed E-state index contributed by atoms with van der Waals surface area (Å²) in [5.74, 6) is 0.438. The van der Waals surface area contributed by atoms with Gasteiger partial charge in [-0.1, -0.05) is 58.0 Å². The number of hydrogen-bond acceptors (Lipinski definition) is 2. The van der Waals surface area contributed by atoms with Crippen LogP contribution in [0.3, 0.4) is 0 Å². The van der Waals surface area contributed by atoms with Crippen molar-refractivity contribution in [2.45, 2.75) is 52.7 Å². The zero-order chi connectivity index (χ0) is 14.3. The molecule has 2 atom stereocenters. The molecule has 0 bridgehead atoms. The summed E-state index contributed by atoms with van der Waals surface area (Å²) in [6, 6.07) is 10.2. The Hall–Kier alpha value is -0.860. The zero-order valence-electron chi connectivity index (χ0n) is 12.8. The van der Waals surface area contributed by atoms with E-state index < -0.39 is 6.10 Å². The molecule has 1 rings (SSSR count). The van der Waals surface area contributed by atoms with Gasteiger partial charge in [0.25, 0.3) is 0 Å². The molecule has 0 heterocycles. The number of aliphatic hydroxyl groups is 1. The average molecular weight is 263 g/mol. The minimum atomic E-state index is -0.403. The number of aliphatic hydroxyl groups excluding tert-OH is 1. The van der Waals surface area contributed by atoms with Gasteiger partial charge in [0.1, 0.15) is 0 Å². The number of nitrogens with zero attached hydrogens (tertiary/aromatic N) is 1. The molecule has 0 aliphatic heterocycles. The van der Waals surface area contributed by atoms with E-state index in [4.69, 9.17) is 0 Å². The third-order valence-electron chi connectivity index (χ3n) is 3.59. The van der Waals surface area contributed by atoms with Gasteiger partial charge in [0, 0.05) is 6.04 Å². The molecule has 0 saturated carbocycles. The van der Waals surface area contributed by atoms with E-state index in [9.17, 15) is 5.11 Å². The molecule has 0 aliphatic rings. The van der Waals surface area contributed by atoms with Crippen LogP contribution in [0.1, 0.15) is 52.2 Å². The topological polar surface area (TPSA) is 23.5 Å². The van der Waals surface area contributed by atoms with E-state index >= 15 is 0 Å². The van der Waals surface area contributed by atoms with Gasteiger partial charge in [-0.15, -0.1) is 0 Å². The molecule has 1 aromatic carbocycles. The second-order valence-electron chi connectivity index (χ2n) is 5.63. The van der Waals surface area contributed by atoms with Crippen LogP contribution in [0.25, 0.3) is 0 Å². The van der Waals surface area contributed by atoms with Crippen LogP contribution in [0.2, 0.25) is 0 Å². The Kier molecular flexibility index (Phi) is 7.11. The summed E-state index contributed by atoms with van der Waals surface area (Å²) in [6.07, 6.45) is 1.86. The van der Waals surface area contributed by atoms with Gasteiger partial charge in [0.05, 0.1) is 6.10 Å². The van der Waals surface area contributed by atoms with Gasteiger partial charge in [0.2, 0.25) is 0 Å². The largest absolute Gasteiger partial charge is 0.387 e. The van der Waals surface area contributed by atoms with Crippen molar-refractivity contribution in [3.05, 3.63) is 35.9 Å². The molecule has 1 N–H and O–H groups in total. The second kappa shape index (κ2) is 8.34. The first-order chi connectivity index (χ1) is 9.11. The van der Waals surface area contributed by atoms with Crippen molar-refractivity contribution >= 4 is 0 Å². The maximum atomic E-state index is 10.7. The second-order valence-corrected chi connectivity index (χ2v) is 5.63. The summed E-state index contributed by atoms with van der Waals surface area (Å²) in [5.41, 5.74) is 1.03. The summed E-state index contributed by atoms with van der Waals surface area (Å²) in [6.45, 7) is 10.9. The molecule has 0 aromatic heterocycles. The summed E-state index contributed by atoms with van der Waals surface area (Å²) < 4.78 is 0. The highest BCUT2D eigenvalue weighted by Gasteiger charge is 2.28. The first-order valence-corrected chi connectivity index (χ1v) is 7.58. The Balaban J connectivity index is 2.91. The van der Waals surface area contributed by atoms with Crippen LogP contribution < -0.4 is 0 Å². The number of hydrogen-bond donors (Lipinski definition) is 1. The number of rotatable bonds is 8. The summed E-state index contributed by atoms with van der Waals surface area (Å²) in [4.78, 5) is 2.45. The van der Waals surface area contributed by atoms with Crippen LogP contribution in [-0.2, 0) is 0 Å². The van der Waals surface area contributed by atoms with Gasteiger partial charge in [-0.3, -0.25) is 4.90 Å². The van der Waals surface area contributed by atoms with Crippen molar-refractivity contribution in [1.29, 1.82) is 0 Å². The van der Waals surface area contributed by atoms with Crippen molar-refractivity contribution in [3.8, 4) is 0 Å². The maximum Gasteiger partial charge on any atom is 0.0947 e. The van der Waals surface area contributed by atoms with Gasteiger partial charge in [-0.05, 0) is 37.4 Å². The van der Waals surface area contributed by atoms with Crippen LogP contribution in [0.5, 0.6) is 0 Å². The lowest BCUT2D eigenvalue weighted by molar-refractivity contribution is 0.0221. The average Bonchev–Trinajstić information content (AvgIpc) is 2.40. The molecule has 1 aromatic rings. The highest BCUT2D eigenvalue weighted by Crippen LogP contribution is 2.26. The minimum absolute atomic E-state index is 0.197. The Morgan fingerprint density at radius 1 is 1.00 bits per heavy atom. The Morgan fingerprint density at radius 2 is 1.53 bits per heavy atom. The van der Waals surface area contributed by atoms with Gasteiger partial charge < -0.3 is 5.11 Å². The molecule has 0 radical (unpaired) electrons. The third kappa shape index (κ3) is 4.63. The van der Waals surface area contributed by atoms with Gasteiger partial charge >= 0.3 is 0 Å². The fourth-order valence-corrected chi connectivity index (χ4v) is 2.82. The van der Waals surface area contributed by atoms with Crippen LogP contribution in [-0.4, -0.2) is 29.1 Å². The smallest absolute Gasteiger partial charge is 0.0947 e. The highest BCUT2D eigenvalue weighted by atomic mass is 16.3. The van der Waals surface area contributed by atoms with E-state index in [0.29, 0.717) is 5.92 Å². The molecule has 2 nitrogen and oxygen atoms in total. The van der Waals surface area contributed by atoms with Crippen LogP contribution >= 0.6 is 0 Å². The minimum Gasteiger partial charge on any atom is -0.387 e. The fraction of sp³-hybridized carbons (Fsp3) is 0.647. The summed E-state index contributed by atoms with van der Waals surface area (Å²) >= 11 is 0. The molecule has 0 spiro atoms. The normalized spacial score (nSPS) is 14.9. The fourth-order valence-electron chi connectivity index (χ4n) is 2.82. The van der Waals surface area contributed by atoms with Crippen molar-refractivity contribution in [3.63, 3.8) is 0 Å². The Morgan fingerprint density at radius 3 is 1.95 bits per heavy atom. The summed E-state index contributed by atoms with van der Waals surface area (Å²) in [7, 11) is 0. The predicted molar refractivity (Wildman–Crippen MR) is 82.2 cm³/mol. The molecule has 0 aliphatic carbocycles. The van der Waals surface area contributed by atoms with Crippen molar-refractivity contribution in [2.75, 3.05) is 13.1 Å². The first-order valence-electron chi connectivity index (χ1n) is 7.58. The predicted octanol–water partition coefficient (Wildman–Crippen LogP) is 3.87. The molecule has 2 heteroatoms. The quantitative estimate of drug-likeness (QED) is 0.769. The molecular weight excluding hydrogens is 234 g/mol. The molecule has 108 valence electrons. The number of benzene rings is 1.